The van der Waals surface area contributed by atoms with Crippen molar-refractivity contribution in [1.82, 2.24) is 29.3 Å². The number of imidazole rings is 1. The Morgan fingerprint density at radius 3 is 2.85 bits per heavy atom. The lowest BCUT2D eigenvalue weighted by Gasteiger charge is -2.23. The van der Waals surface area contributed by atoms with Crippen LogP contribution in [0.2, 0.25) is 0 Å². The molecule has 4 aromatic rings. The van der Waals surface area contributed by atoms with E-state index in [9.17, 15) is 4.39 Å². The maximum absolute atomic E-state index is 13.6. The zero-order valence-electron chi connectivity index (χ0n) is 18.2. The van der Waals surface area contributed by atoms with Crippen LogP contribution in [0.15, 0.2) is 47.5 Å². The minimum absolute atomic E-state index is 0.0690. The molecule has 1 aliphatic rings. The minimum Gasteiger partial charge on any atom is -0.494 e. The van der Waals surface area contributed by atoms with Crippen LogP contribution in [0.4, 0.5) is 4.39 Å². The number of ether oxygens (including phenoxy) is 1. The monoisotopic (exact) mass is 508 g/mol. The largest absolute Gasteiger partial charge is 0.494 e. The van der Waals surface area contributed by atoms with Gasteiger partial charge < -0.3 is 9.30 Å². The van der Waals surface area contributed by atoms with E-state index in [0.717, 1.165) is 52.3 Å². The molecule has 0 N–H and O–H groups in total. The van der Waals surface area contributed by atoms with Crippen LogP contribution in [0.3, 0.4) is 0 Å². The van der Waals surface area contributed by atoms with Gasteiger partial charge in [0.2, 0.25) is 0 Å². The van der Waals surface area contributed by atoms with Gasteiger partial charge in [-0.3, -0.25) is 4.98 Å². The van der Waals surface area contributed by atoms with Gasteiger partial charge in [-0.25, -0.2) is 19.0 Å². The summed E-state index contributed by atoms with van der Waals surface area (Å²) in [6.07, 6.45) is 11.1. The molecular weight excluding hydrogens is 487 g/mol. The van der Waals surface area contributed by atoms with E-state index in [1.165, 1.54) is 12.1 Å². The highest BCUT2D eigenvalue weighted by molar-refractivity contribution is 9.10. The first-order chi connectivity index (χ1) is 16.0. The number of aryl methyl sites for hydroxylation is 2. The van der Waals surface area contributed by atoms with Crippen LogP contribution in [0.1, 0.15) is 47.4 Å². The summed E-state index contributed by atoms with van der Waals surface area (Å²) < 4.78 is 23.7. The van der Waals surface area contributed by atoms with E-state index in [0.29, 0.717) is 11.6 Å². The van der Waals surface area contributed by atoms with Gasteiger partial charge >= 0.3 is 0 Å². The van der Waals surface area contributed by atoms with Crippen molar-refractivity contribution in [2.24, 2.45) is 0 Å². The second-order valence-electron chi connectivity index (χ2n) is 7.95. The van der Waals surface area contributed by atoms with E-state index in [-0.39, 0.29) is 11.7 Å². The van der Waals surface area contributed by atoms with Crippen LogP contribution in [-0.4, -0.2) is 36.4 Å². The molecule has 1 aliphatic heterocycles. The molecule has 9 heteroatoms. The number of aromatic nitrogens is 6. The van der Waals surface area contributed by atoms with Crippen LogP contribution in [0, 0.1) is 12.7 Å². The summed E-state index contributed by atoms with van der Waals surface area (Å²) in [5.74, 6) is 2.01. The second-order valence-corrected chi connectivity index (χ2v) is 8.80. The lowest BCUT2D eigenvalue weighted by Crippen LogP contribution is -2.18. The molecule has 3 aromatic heterocycles. The number of nitrogens with zero attached hydrogens (tertiary/aromatic N) is 6. The third kappa shape index (κ3) is 4.32. The lowest BCUT2D eigenvalue weighted by atomic mass is 9.91. The Morgan fingerprint density at radius 1 is 1.21 bits per heavy atom. The first-order valence-corrected chi connectivity index (χ1v) is 11.4. The first kappa shape index (κ1) is 21.5. The molecule has 0 saturated carbocycles. The number of methoxy groups -OCH3 is 1. The van der Waals surface area contributed by atoms with Crippen LogP contribution < -0.4 is 4.74 Å². The molecular formula is C24H22BrFN6O. The Labute approximate surface area is 199 Å². The van der Waals surface area contributed by atoms with Crippen molar-refractivity contribution in [3.05, 3.63) is 81.9 Å². The number of halogens is 2. The maximum Gasteiger partial charge on any atom is 0.174 e. The average Bonchev–Trinajstić information content (AvgIpc) is 3.43. The average molecular weight is 509 g/mol. The van der Waals surface area contributed by atoms with Crippen LogP contribution in [-0.2, 0) is 6.54 Å². The fraction of sp³-hybridized carbons (Fsp3) is 0.250. The second kappa shape index (κ2) is 8.90. The Kier molecular flexibility index (Phi) is 5.80. The summed E-state index contributed by atoms with van der Waals surface area (Å²) in [5, 5.41) is 4.66. The molecule has 33 heavy (non-hydrogen) atoms. The predicted molar refractivity (Wildman–Crippen MR) is 127 cm³/mol. The summed E-state index contributed by atoms with van der Waals surface area (Å²) in [7, 11) is 1.63. The number of pyridine rings is 1. The van der Waals surface area contributed by atoms with Crippen LogP contribution in [0.25, 0.3) is 17.8 Å². The Morgan fingerprint density at radius 2 is 2.09 bits per heavy atom. The number of benzene rings is 1. The van der Waals surface area contributed by atoms with Crippen molar-refractivity contribution in [1.29, 1.82) is 0 Å². The topological polar surface area (TPSA) is 70.7 Å². The van der Waals surface area contributed by atoms with Gasteiger partial charge in [-0.1, -0.05) is 22.0 Å². The first-order valence-electron chi connectivity index (χ1n) is 10.6. The Hall–Kier alpha value is -3.33. The zero-order chi connectivity index (χ0) is 22.9. The molecule has 0 aliphatic carbocycles. The molecule has 4 heterocycles. The molecule has 0 fully saturated rings. The normalized spacial score (nSPS) is 15.7. The van der Waals surface area contributed by atoms with Crippen molar-refractivity contribution in [3.63, 3.8) is 0 Å². The molecule has 1 aromatic carbocycles. The number of rotatable bonds is 5. The van der Waals surface area contributed by atoms with Gasteiger partial charge in [0.25, 0.3) is 0 Å². The van der Waals surface area contributed by atoms with Gasteiger partial charge in [0, 0.05) is 29.2 Å². The van der Waals surface area contributed by atoms with Gasteiger partial charge in [0.05, 0.1) is 31.0 Å². The molecule has 0 radical (unpaired) electrons. The molecule has 0 saturated heterocycles. The van der Waals surface area contributed by atoms with Gasteiger partial charge in [0.15, 0.2) is 5.82 Å². The molecule has 0 amide bonds. The third-order valence-corrected chi connectivity index (χ3v) is 6.40. The molecule has 7 nitrogen and oxygen atoms in total. The smallest absolute Gasteiger partial charge is 0.174 e. The van der Waals surface area contributed by atoms with Crippen molar-refractivity contribution in [3.8, 4) is 11.4 Å². The summed E-state index contributed by atoms with van der Waals surface area (Å²) >= 11 is 3.50. The van der Waals surface area contributed by atoms with Gasteiger partial charge in [0.1, 0.15) is 23.1 Å². The molecule has 0 bridgehead atoms. The maximum atomic E-state index is 13.6. The van der Waals surface area contributed by atoms with Gasteiger partial charge in [-0.15, -0.1) is 0 Å². The van der Waals surface area contributed by atoms with E-state index < -0.39 is 0 Å². The van der Waals surface area contributed by atoms with Gasteiger partial charge in [-0.05, 0) is 49.6 Å². The highest BCUT2D eigenvalue weighted by atomic mass is 79.9. The molecule has 1 atom stereocenters. The summed E-state index contributed by atoms with van der Waals surface area (Å²) in [6, 6.07) is 6.68. The number of hydrogen-bond donors (Lipinski definition) is 0. The Balaban J connectivity index is 1.42. The van der Waals surface area contributed by atoms with E-state index in [2.05, 4.69) is 31.0 Å². The van der Waals surface area contributed by atoms with Crippen molar-refractivity contribution in [2.45, 2.75) is 32.2 Å². The van der Waals surface area contributed by atoms with Crippen molar-refractivity contribution < 1.29 is 9.13 Å². The van der Waals surface area contributed by atoms with E-state index >= 15 is 0 Å². The summed E-state index contributed by atoms with van der Waals surface area (Å²) in [4.78, 5) is 13.6. The third-order valence-electron chi connectivity index (χ3n) is 5.71. The van der Waals surface area contributed by atoms with E-state index in [1.54, 1.807) is 19.6 Å². The highest BCUT2D eigenvalue weighted by Gasteiger charge is 2.27. The molecule has 5 rings (SSSR count). The Bertz CT molecular complexity index is 1340. The van der Waals surface area contributed by atoms with Crippen molar-refractivity contribution >= 4 is 28.1 Å². The number of hydrogen-bond acceptors (Lipinski definition) is 5. The highest BCUT2D eigenvalue weighted by Crippen LogP contribution is 2.36. The zero-order valence-corrected chi connectivity index (χ0v) is 19.8. The standard InChI is InChI=1S/C24H22BrFN6O/c1-15-13-31(14-28-15)21-12-27-17(11-22(21)33-2)6-8-23-29-24-19(4-3-9-32(24)30-23)18-7-5-16(26)10-20(18)25/h5-8,10-14,19H,3-4,9H2,1-2H3. The van der Waals surface area contributed by atoms with Gasteiger partial charge in [-0.2, -0.15) is 5.10 Å². The quantitative estimate of drug-likeness (QED) is 0.371. The predicted octanol–water partition coefficient (Wildman–Crippen LogP) is 5.17. The van der Waals surface area contributed by atoms with Crippen LogP contribution in [0.5, 0.6) is 5.75 Å². The molecule has 168 valence electrons. The fourth-order valence-corrected chi connectivity index (χ4v) is 4.75. The summed E-state index contributed by atoms with van der Waals surface area (Å²) in [5.41, 5.74) is 3.50. The minimum atomic E-state index is -0.261. The lowest BCUT2D eigenvalue weighted by molar-refractivity contribution is 0.412. The fourth-order valence-electron chi connectivity index (χ4n) is 4.12. The number of fused-ring (bicyclic) bond motifs is 1. The van der Waals surface area contributed by atoms with E-state index in [1.807, 2.05) is 46.7 Å². The molecule has 1 unspecified atom stereocenters. The van der Waals surface area contributed by atoms with Crippen molar-refractivity contribution in [2.75, 3.05) is 7.11 Å². The van der Waals surface area contributed by atoms with E-state index in [4.69, 9.17) is 9.72 Å². The van der Waals surface area contributed by atoms with Crippen LogP contribution >= 0.6 is 15.9 Å². The SMILES string of the molecule is COc1cc(C=Cc2nc3n(n2)CCCC3c2ccc(F)cc2Br)ncc1-n1cnc(C)c1. The molecule has 0 spiro atoms. The summed E-state index contributed by atoms with van der Waals surface area (Å²) in [6.45, 7) is 2.75.